The van der Waals surface area contributed by atoms with Crippen LogP contribution in [0.4, 0.5) is 0 Å². The Balaban J connectivity index is 3.12. The Morgan fingerprint density at radius 3 is 2.67 bits per heavy atom. The third-order valence-corrected chi connectivity index (χ3v) is 1.48. The van der Waals surface area contributed by atoms with Gasteiger partial charge in [-0.3, -0.25) is 0 Å². The minimum absolute atomic E-state index is 0.0653. The number of aromatic hydroxyl groups is 1. The quantitative estimate of drug-likeness (QED) is 0.670. The number of benzene rings is 1. The van der Waals surface area contributed by atoms with Crippen molar-refractivity contribution in [3.05, 3.63) is 29.3 Å². The van der Waals surface area contributed by atoms with Crippen LogP contribution in [0.5, 0.6) is 5.75 Å². The van der Waals surface area contributed by atoms with Crippen molar-refractivity contribution in [2.45, 2.75) is 6.42 Å². The van der Waals surface area contributed by atoms with Gasteiger partial charge in [-0.25, -0.2) is 0 Å². The van der Waals surface area contributed by atoms with E-state index in [1.165, 1.54) is 18.2 Å². The molecule has 58 valence electrons. The summed E-state index contributed by atoms with van der Waals surface area (Å²) in [7, 11) is 0. The molecule has 0 unspecified atom stereocenters. The zero-order valence-electron chi connectivity index (χ0n) is 6.28. The first kappa shape index (κ1) is 8.10. The fraction of sp³-hybridized carbons (Fsp3) is 0.111. The molecule has 0 aliphatic heterocycles. The van der Waals surface area contributed by atoms with Gasteiger partial charge in [-0.15, -0.1) is 0 Å². The van der Waals surface area contributed by atoms with Gasteiger partial charge in [0.05, 0.1) is 24.1 Å². The lowest BCUT2D eigenvalue weighted by Gasteiger charge is -1.98. The molecule has 3 heteroatoms. The van der Waals surface area contributed by atoms with E-state index in [9.17, 15) is 5.11 Å². The van der Waals surface area contributed by atoms with Crippen LogP contribution in [0.3, 0.4) is 0 Å². The average molecular weight is 158 g/mol. The summed E-state index contributed by atoms with van der Waals surface area (Å²) in [5.74, 6) is 0.0653. The Morgan fingerprint density at radius 2 is 2.08 bits per heavy atom. The Labute approximate surface area is 70.1 Å². The Hall–Kier alpha value is -2.00. The molecule has 0 spiro atoms. The van der Waals surface area contributed by atoms with Crippen LogP contribution >= 0.6 is 0 Å². The van der Waals surface area contributed by atoms with Gasteiger partial charge in [0.1, 0.15) is 5.75 Å². The van der Waals surface area contributed by atoms with Gasteiger partial charge >= 0.3 is 0 Å². The van der Waals surface area contributed by atoms with E-state index in [1.807, 2.05) is 12.1 Å². The monoisotopic (exact) mass is 158 g/mol. The second-order valence-corrected chi connectivity index (χ2v) is 2.29. The molecule has 0 saturated carbocycles. The first-order chi connectivity index (χ1) is 5.77. The standard InChI is InChI=1S/C9H6N2O/c10-4-3-8-5-7(6-11)1-2-9(8)12/h1-2,5,12H,3H2. The van der Waals surface area contributed by atoms with E-state index in [4.69, 9.17) is 10.5 Å². The molecule has 1 rings (SSSR count). The molecular formula is C9H6N2O. The molecule has 1 N–H and O–H groups in total. The van der Waals surface area contributed by atoms with E-state index in [0.717, 1.165) is 0 Å². The third-order valence-electron chi connectivity index (χ3n) is 1.48. The van der Waals surface area contributed by atoms with E-state index in [1.54, 1.807) is 0 Å². The fourth-order valence-corrected chi connectivity index (χ4v) is 0.882. The summed E-state index contributed by atoms with van der Waals surface area (Å²) in [6.07, 6.45) is 0.126. The van der Waals surface area contributed by atoms with Crippen LogP contribution in [-0.4, -0.2) is 5.11 Å². The zero-order valence-corrected chi connectivity index (χ0v) is 6.28. The second-order valence-electron chi connectivity index (χ2n) is 2.29. The maximum absolute atomic E-state index is 9.20. The Bertz CT molecular complexity index is 371. The summed E-state index contributed by atoms with van der Waals surface area (Å²) in [6, 6.07) is 8.28. The Kier molecular flexibility index (Phi) is 2.30. The maximum Gasteiger partial charge on any atom is 0.119 e. The molecule has 0 heterocycles. The summed E-state index contributed by atoms with van der Waals surface area (Å²) >= 11 is 0. The van der Waals surface area contributed by atoms with E-state index in [0.29, 0.717) is 11.1 Å². The summed E-state index contributed by atoms with van der Waals surface area (Å²) < 4.78 is 0. The van der Waals surface area contributed by atoms with Crippen molar-refractivity contribution in [1.82, 2.24) is 0 Å². The molecule has 3 nitrogen and oxygen atoms in total. The highest BCUT2D eigenvalue weighted by Crippen LogP contribution is 2.18. The maximum atomic E-state index is 9.20. The predicted molar refractivity (Wildman–Crippen MR) is 42.1 cm³/mol. The van der Waals surface area contributed by atoms with Gasteiger partial charge in [0.25, 0.3) is 0 Å². The van der Waals surface area contributed by atoms with Gasteiger partial charge in [-0.05, 0) is 18.2 Å². The number of phenols is 1. The lowest BCUT2D eigenvalue weighted by atomic mass is 10.1. The second kappa shape index (κ2) is 3.41. The first-order valence-corrected chi connectivity index (χ1v) is 3.37. The number of hydrogen-bond donors (Lipinski definition) is 1. The Morgan fingerprint density at radius 1 is 1.33 bits per heavy atom. The van der Waals surface area contributed by atoms with Crippen molar-refractivity contribution in [3.8, 4) is 17.9 Å². The smallest absolute Gasteiger partial charge is 0.119 e. The third kappa shape index (κ3) is 1.53. The number of nitrogens with zero attached hydrogens (tertiary/aromatic N) is 2. The molecule has 0 aliphatic carbocycles. The topological polar surface area (TPSA) is 67.8 Å². The molecule has 0 fully saturated rings. The van der Waals surface area contributed by atoms with E-state index < -0.39 is 0 Å². The average Bonchev–Trinajstić information content (AvgIpc) is 2.09. The van der Waals surface area contributed by atoms with Crippen LogP contribution < -0.4 is 0 Å². The summed E-state index contributed by atoms with van der Waals surface area (Å²) in [5, 5.41) is 26.1. The molecule has 0 amide bonds. The number of nitriles is 2. The van der Waals surface area contributed by atoms with Crippen LogP contribution in [0.1, 0.15) is 11.1 Å². The van der Waals surface area contributed by atoms with E-state index in [2.05, 4.69) is 0 Å². The van der Waals surface area contributed by atoms with Crippen molar-refractivity contribution < 1.29 is 5.11 Å². The molecular weight excluding hydrogens is 152 g/mol. The molecule has 1 aromatic rings. The SMILES string of the molecule is N#CCc1cc(C#N)ccc1O. The van der Waals surface area contributed by atoms with Gasteiger partial charge in [-0.1, -0.05) is 0 Å². The summed E-state index contributed by atoms with van der Waals surface area (Å²) in [5.41, 5.74) is 0.953. The minimum Gasteiger partial charge on any atom is -0.508 e. The van der Waals surface area contributed by atoms with Crippen LogP contribution in [-0.2, 0) is 6.42 Å². The first-order valence-electron chi connectivity index (χ1n) is 3.37. The molecule has 0 aliphatic rings. The zero-order chi connectivity index (χ0) is 8.97. The van der Waals surface area contributed by atoms with Crippen molar-refractivity contribution in [1.29, 1.82) is 10.5 Å². The highest BCUT2D eigenvalue weighted by molar-refractivity contribution is 5.42. The summed E-state index contributed by atoms with van der Waals surface area (Å²) in [6.45, 7) is 0. The molecule has 0 aromatic heterocycles. The minimum atomic E-state index is 0.0653. The van der Waals surface area contributed by atoms with Gasteiger partial charge in [-0.2, -0.15) is 10.5 Å². The van der Waals surface area contributed by atoms with Crippen molar-refractivity contribution in [3.63, 3.8) is 0 Å². The van der Waals surface area contributed by atoms with Gasteiger partial charge in [0.2, 0.25) is 0 Å². The van der Waals surface area contributed by atoms with Crippen LogP contribution in [0.2, 0.25) is 0 Å². The lowest BCUT2D eigenvalue weighted by Crippen LogP contribution is -1.84. The highest BCUT2D eigenvalue weighted by atomic mass is 16.3. The van der Waals surface area contributed by atoms with Crippen molar-refractivity contribution in [2.24, 2.45) is 0 Å². The number of rotatable bonds is 1. The van der Waals surface area contributed by atoms with Gasteiger partial charge in [0.15, 0.2) is 0 Å². The van der Waals surface area contributed by atoms with Crippen molar-refractivity contribution >= 4 is 0 Å². The van der Waals surface area contributed by atoms with Crippen molar-refractivity contribution in [2.75, 3.05) is 0 Å². The van der Waals surface area contributed by atoms with Gasteiger partial charge in [0, 0.05) is 5.56 Å². The van der Waals surface area contributed by atoms with E-state index >= 15 is 0 Å². The molecule has 0 atom stereocenters. The molecule has 0 radical (unpaired) electrons. The molecule has 0 saturated heterocycles. The van der Waals surface area contributed by atoms with Crippen LogP contribution in [0.15, 0.2) is 18.2 Å². The largest absolute Gasteiger partial charge is 0.508 e. The summed E-state index contributed by atoms with van der Waals surface area (Å²) in [4.78, 5) is 0. The number of phenolic OH excluding ortho intramolecular Hbond substituents is 1. The normalized spacial score (nSPS) is 8.50. The van der Waals surface area contributed by atoms with Crippen LogP contribution in [0, 0.1) is 22.7 Å². The fourth-order valence-electron chi connectivity index (χ4n) is 0.882. The molecule has 0 bridgehead atoms. The lowest BCUT2D eigenvalue weighted by molar-refractivity contribution is 0.470. The number of hydrogen-bond acceptors (Lipinski definition) is 3. The van der Waals surface area contributed by atoms with Gasteiger partial charge < -0.3 is 5.11 Å². The highest BCUT2D eigenvalue weighted by Gasteiger charge is 2.00. The van der Waals surface area contributed by atoms with E-state index in [-0.39, 0.29) is 12.2 Å². The predicted octanol–water partition coefficient (Wildman–Crippen LogP) is 1.33. The molecule has 12 heavy (non-hydrogen) atoms. The molecule has 1 aromatic carbocycles. The van der Waals surface area contributed by atoms with Crippen LogP contribution in [0.25, 0.3) is 0 Å².